The van der Waals surface area contributed by atoms with Crippen molar-refractivity contribution in [2.24, 2.45) is 40.6 Å². The van der Waals surface area contributed by atoms with Gasteiger partial charge in [0.15, 0.2) is 0 Å². The average Bonchev–Trinajstić information content (AvgIpc) is 3.44. The molecule has 2 heterocycles. The molecule has 2 bridgehead atoms. The summed E-state index contributed by atoms with van der Waals surface area (Å²) in [6.07, 6.45) is 6.67. The van der Waals surface area contributed by atoms with E-state index in [1.807, 2.05) is 0 Å². The lowest BCUT2D eigenvalue weighted by Crippen LogP contribution is -2.40. The van der Waals surface area contributed by atoms with Gasteiger partial charge in [0.05, 0.1) is 35.6 Å². The van der Waals surface area contributed by atoms with Crippen LogP contribution in [0.1, 0.15) is 12.2 Å². The number of nitro groups is 1. The minimum absolute atomic E-state index is 0.0930. The van der Waals surface area contributed by atoms with Crippen molar-refractivity contribution in [3.05, 3.63) is 58.4 Å². The number of carbonyl (C=O) groups is 2. The summed E-state index contributed by atoms with van der Waals surface area (Å²) in [7, 11) is 1.46. The van der Waals surface area contributed by atoms with Gasteiger partial charge in [0.1, 0.15) is 17.3 Å². The molecule has 0 radical (unpaired) electrons. The van der Waals surface area contributed by atoms with Crippen LogP contribution in [-0.4, -0.2) is 35.1 Å². The van der Waals surface area contributed by atoms with Crippen LogP contribution in [0.15, 0.2) is 52.0 Å². The van der Waals surface area contributed by atoms with E-state index in [-0.39, 0.29) is 41.2 Å². The van der Waals surface area contributed by atoms with Crippen LogP contribution < -0.4 is 4.74 Å². The van der Waals surface area contributed by atoms with E-state index in [1.165, 1.54) is 31.5 Å². The second-order valence-electron chi connectivity index (χ2n) is 8.73. The molecule has 4 aliphatic carbocycles. The number of nitrogens with zero attached hydrogens (tertiary/aromatic N) is 3. The molecule has 2 aromatic rings. The van der Waals surface area contributed by atoms with Crippen LogP contribution in [0.4, 0.5) is 5.69 Å². The number of furan rings is 1. The first-order chi connectivity index (χ1) is 15.5. The van der Waals surface area contributed by atoms with Crippen molar-refractivity contribution in [3.63, 3.8) is 0 Å². The topological polar surface area (TPSA) is 115 Å². The number of benzene rings is 1. The summed E-state index contributed by atoms with van der Waals surface area (Å²) in [6, 6.07) is 7.47. The largest absolute Gasteiger partial charge is 0.496 e. The van der Waals surface area contributed by atoms with E-state index in [2.05, 4.69) is 17.3 Å². The van der Waals surface area contributed by atoms with E-state index in [4.69, 9.17) is 9.15 Å². The molecule has 1 aromatic carbocycles. The number of carbonyl (C=O) groups excluding carboxylic acids is 2. The summed E-state index contributed by atoms with van der Waals surface area (Å²) in [6.45, 7) is 0. The molecule has 2 saturated carbocycles. The molecule has 2 amide bonds. The highest BCUT2D eigenvalue weighted by molar-refractivity contribution is 6.06. The zero-order valence-electron chi connectivity index (χ0n) is 17.1. The minimum Gasteiger partial charge on any atom is -0.496 e. The molecule has 5 aliphatic rings. The third kappa shape index (κ3) is 2.60. The lowest BCUT2D eigenvalue weighted by atomic mass is 9.63. The van der Waals surface area contributed by atoms with Crippen LogP contribution in [0.25, 0.3) is 11.3 Å². The summed E-state index contributed by atoms with van der Waals surface area (Å²) in [5.74, 6) is 1.33. The number of allylic oxidation sites excluding steroid dienone is 2. The van der Waals surface area contributed by atoms with Gasteiger partial charge in [-0.3, -0.25) is 19.7 Å². The zero-order chi connectivity index (χ0) is 22.1. The number of hydrazone groups is 1. The Kier molecular flexibility index (Phi) is 3.93. The van der Waals surface area contributed by atoms with Gasteiger partial charge in [-0.2, -0.15) is 10.1 Å². The Bertz CT molecular complexity index is 1190. The predicted octanol–water partition coefficient (Wildman–Crippen LogP) is 3.25. The van der Waals surface area contributed by atoms with Crippen molar-refractivity contribution in [3.8, 4) is 17.1 Å². The number of non-ortho nitro benzene ring substituents is 1. The Morgan fingerprint density at radius 2 is 1.81 bits per heavy atom. The van der Waals surface area contributed by atoms with Gasteiger partial charge < -0.3 is 9.15 Å². The van der Waals surface area contributed by atoms with E-state index in [9.17, 15) is 19.7 Å². The molecule has 7 rings (SSSR count). The molecule has 0 spiro atoms. The van der Waals surface area contributed by atoms with Crippen molar-refractivity contribution in [2.75, 3.05) is 7.11 Å². The van der Waals surface area contributed by atoms with Gasteiger partial charge in [-0.25, -0.2) is 0 Å². The van der Waals surface area contributed by atoms with Gasteiger partial charge in [0.2, 0.25) is 0 Å². The number of methoxy groups -OCH3 is 1. The smallest absolute Gasteiger partial charge is 0.270 e. The quantitative estimate of drug-likeness (QED) is 0.235. The molecule has 1 aliphatic heterocycles. The van der Waals surface area contributed by atoms with Gasteiger partial charge in [0.25, 0.3) is 17.5 Å². The van der Waals surface area contributed by atoms with Crippen molar-refractivity contribution in [2.45, 2.75) is 6.42 Å². The highest BCUT2D eigenvalue weighted by Gasteiger charge is 2.67. The van der Waals surface area contributed by atoms with Crippen molar-refractivity contribution >= 4 is 23.7 Å². The van der Waals surface area contributed by atoms with Crippen LogP contribution in [-0.2, 0) is 9.59 Å². The Labute approximate surface area is 182 Å². The summed E-state index contributed by atoms with van der Waals surface area (Å²) >= 11 is 0. The van der Waals surface area contributed by atoms with Crippen LogP contribution in [0.3, 0.4) is 0 Å². The summed E-state index contributed by atoms with van der Waals surface area (Å²) in [5.41, 5.74) is 0.326. The summed E-state index contributed by atoms with van der Waals surface area (Å²) in [4.78, 5) is 36.6. The first kappa shape index (κ1) is 19.0. The van der Waals surface area contributed by atoms with Gasteiger partial charge in [-0.1, -0.05) is 12.2 Å². The monoisotopic (exact) mass is 433 g/mol. The molecule has 1 aromatic heterocycles. The van der Waals surface area contributed by atoms with E-state index in [1.54, 1.807) is 12.1 Å². The van der Waals surface area contributed by atoms with E-state index in [0.717, 1.165) is 11.4 Å². The first-order valence-corrected chi connectivity index (χ1v) is 10.5. The standard InChI is InChI=1S/C23H19N3O6/c1-31-18-6-2-11(26(29)30)8-17(18)19-7-3-12(32-19)10-24-25-22(27)20-13-4-5-14(16-9-15(13)16)21(20)23(25)28/h2-8,10,13-16,20-21H,9H2,1H3/b24-10-/t13-,14-,15-,16+,20-,21+/m0/s1. The van der Waals surface area contributed by atoms with Crippen LogP contribution >= 0.6 is 0 Å². The molecule has 9 heteroatoms. The first-order valence-electron chi connectivity index (χ1n) is 10.5. The van der Waals surface area contributed by atoms with Gasteiger partial charge in [-0.15, -0.1) is 0 Å². The van der Waals surface area contributed by atoms with E-state index >= 15 is 0 Å². The normalized spacial score (nSPS) is 31.8. The highest BCUT2D eigenvalue weighted by atomic mass is 16.6. The molecule has 3 fully saturated rings. The number of amides is 2. The maximum absolute atomic E-state index is 13.0. The fraction of sp³-hybridized carbons (Fsp3) is 0.348. The summed E-state index contributed by atoms with van der Waals surface area (Å²) in [5, 5.41) is 16.3. The molecule has 0 unspecified atom stereocenters. The number of imide groups is 1. The van der Waals surface area contributed by atoms with Crippen LogP contribution in [0.2, 0.25) is 0 Å². The third-order valence-electron chi connectivity index (χ3n) is 7.23. The maximum Gasteiger partial charge on any atom is 0.270 e. The third-order valence-corrected chi connectivity index (χ3v) is 7.23. The lowest BCUT2D eigenvalue weighted by Gasteiger charge is -2.37. The zero-order valence-corrected chi connectivity index (χ0v) is 17.1. The van der Waals surface area contributed by atoms with Gasteiger partial charge in [0, 0.05) is 12.1 Å². The van der Waals surface area contributed by atoms with Crippen molar-refractivity contribution in [1.82, 2.24) is 5.01 Å². The number of hydrogen-bond donors (Lipinski definition) is 0. The number of rotatable bonds is 5. The van der Waals surface area contributed by atoms with Crippen LogP contribution in [0, 0.1) is 45.6 Å². The second-order valence-corrected chi connectivity index (χ2v) is 8.73. The highest BCUT2D eigenvalue weighted by Crippen LogP contribution is 2.65. The Morgan fingerprint density at radius 1 is 1.12 bits per heavy atom. The molecular formula is C23H19N3O6. The van der Waals surface area contributed by atoms with E-state index < -0.39 is 4.92 Å². The molecule has 9 nitrogen and oxygen atoms in total. The molecule has 32 heavy (non-hydrogen) atoms. The van der Waals surface area contributed by atoms with Gasteiger partial charge >= 0.3 is 0 Å². The Morgan fingerprint density at radius 3 is 2.44 bits per heavy atom. The number of nitro benzene ring substituents is 1. The molecule has 162 valence electrons. The molecule has 1 saturated heterocycles. The Hall–Kier alpha value is -3.75. The molecule has 6 atom stereocenters. The Balaban J connectivity index is 1.26. The van der Waals surface area contributed by atoms with Crippen LogP contribution in [0.5, 0.6) is 5.75 Å². The lowest BCUT2D eigenvalue weighted by molar-refractivity contribution is -0.384. The van der Waals surface area contributed by atoms with Crippen molar-refractivity contribution < 1.29 is 23.7 Å². The fourth-order valence-corrected chi connectivity index (χ4v) is 5.74. The van der Waals surface area contributed by atoms with Gasteiger partial charge in [-0.05, 0) is 48.3 Å². The second kappa shape index (κ2) is 6.62. The average molecular weight is 433 g/mol. The maximum atomic E-state index is 13.0. The number of ether oxygens (including phenoxy) is 1. The molecule has 0 N–H and O–H groups in total. The number of hydrogen-bond acceptors (Lipinski definition) is 7. The minimum atomic E-state index is -0.496. The summed E-state index contributed by atoms with van der Waals surface area (Å²) < 4.78 is 11.0. The SMILES string of the molecule is COc1ccc([N+](=O)[O-])cc1-c1ccc(/C=N\N2C(=O)[C@@H]3[C@H]4C=C[C@@H]([C@@H]5C[C@H]45)[C@@H]3C2=O)o1. The fourth-order valence-electron chi connectivity index (χ4n) is 5.74. The predicted molar refractivity (Wildman–Crippen MR) is 111 cm³/mol. The van der Waals surface area contributed by atoms with E-state index in [0.29, 0.717) is 34.7 Å². The van der Waals surface area contributed by atoms with Crippen molar-refractivity contribution in [1.29, 1.82) is 0 Å². The molecular weight excluding hydrogens is 414 g/mol.